The van der Waals surface area contributed by atoms with E-state index in [0.29, 0.717) is 54.9 Å². The van der Waals surface area contributed by atoms with Crippen LogP contribution in [0.1, 0.15) is 56.0 Å². The topological polar surface area (TPSA) is 181 Å². The van der Waals surface area contributed by atoms with Crippen LogP contribution in [-0.2, 0) is 19.5 Å². The summed E-state index contributed by atoms with van der Waals surface area (Å²) in [5, 5.41) is 16.1. The molecule has 5 aromatic rings. The molecule has 2 aromatic heterocycles. The summed E-state index contributed by atoms with van der Waals surface area (Å²) in [5.74, 6) is -1.96. The number of ether oxygens (including phenoxy) is 3. The molecule has 0 spiro atoms. The van der Waals surface area contributed by atoms with E-state index in [2.05, 4.69) is 58.0 Å². The smallest absolute Gasteiger partial charge is 0.296 e. The first-order valence-electron chi connectivity index (χ1n) is 20.8. The first-order chi connectivity index (χ1) is 30.1. The zero-order valence-electron chi connectivity index (χ0n) is 35.2. The van der Waals surface area contributed by atoms with Gasteiger partial charge in [-0.15, -0.1) is 0 Å². The highest BCUT2D eigenvalue weighted by molar-refractivity contribution is 7.90. The molecule has 2 atom stereocenters. The Morgan fingerprint density at radius 1 is 1.11 bits per heavy atom. The van der Waals surface area contributed by atoms with Crippen molar-refractivity contribution in [2.24, 2.45) is 5.41 Å². The summed E-state index contributed by atoms with van der Waals surface area (Å²) in [6.45, 7) is 10.7. The van der Waals surface area contributed by atoms with Crippen LogP contribution < -0.4 is 19.7 Å². The number of aromatic nitrogens is 2. The molecule has 3 aromatic carbocycles. The predicted octanol–water partition coefficient (Wildman–Crippen LogP) is 8.18. The van der Waals surface area contributed by atoms with Crippen LogP contribution in [0.25, 0.3) is 16.6 Å². The highest BCUT2D eigenvalue weighted by Crippen LogP contribution is 2.44. The van der Waals surface area contributed by atoms with Crippen LogP contribution in [0.2, 0.25) is 5.02 Å². The maximum Gasteiger partial charge on any atom is 0.296 e. The van der Waals surface area contributed by atoms with Gasteiger partial charge in [-0.25, -0.2) is 22.5 Å². The lowest BCUT2D eigenvalue weighted by atomic mass is 9.72. The van der Waals surface area contributed by atoms with Gasteiger partial charge in [-0.1, -0.05) is 43.2 Å². The van der Waals surface area contributed by atoms with E-state index in [0.717, 1.165) is 43.4 Å². The monoisotopic (exact) mass is 901 g/mol. The first kappa shape index (κ1) is 44.0. The zero-order chi connectivity index (χ0) is 44.5. The Kier molecular flexibility index (Phi) is 12.8. The van der Waals surface area contributed by atoms with E-state index in [1.807, 2.05) is 22.9 Å². The third-order valence-electron chi connectivity index (χ3n) is 11.9. The van der Waals surface area contributed by atoms with Crippen molar-refractivity contribution in [2.45, 2.75) is 57.1 Å². The van der Waals surface area contributed by atoms with Gasteiger partial charge in [-0.05, 0) is 85.2 Å². The van der Waals surface area contributed by atoms with Gasteiger partial charge < -0.3 is 29.4 Å². The predicted molar refractivity (Wildman–Crippen MR) is 239 cm³/mol. The second kappa shape index (κ2) is 18.3. The fourth-order valence-electron chi connectivity index (χ4n) is 8.40. The molecule has 2 saturated heterocycles. The Morgan fingerprint density at radius 3 is 2.67 bits per heavy atom. The number of nitro groups is 1. The minimum atomic E-state index is -4.85. The van der Waals surface area contributed by atoms with E-state index < -0.39 is 49.0 Å². The second-order valence-electron chi connectivity index (χ2n) is 17.0. The largest absolute Gasteiger partial charge is 0.455 e. The average Bonchev–Trinajstić information content (AvgIpc) is 3.73. The van der Waals surface area contributed by atoms with Gasteiger partial charge in [0.15, 0.2) is 5.82 Å². The summed E-state index contributed by atoms with van der Waals surface area (Å²) < 4.78 is 61.9. The zero-order valence-corrected chi connectivity index (χ0v) is 36.7. The van der Waals surface area contributed by atoms with Gasteiger partial charge in [-0.2, -0.15) is 0 Å². The average molecular weight is 902 g/mol. The van der Waals surface area contributed by atoms with Crippen molar-refractivity contribution in [1.82, 2.24) is 19.6 Å². The van der Waals surface area contributed by atoms with Crippen molar-refractivity contribution in [2.75, 3.05) is 62.8 Å². The van der Waals surface area contributed by atoms with Crippen LogP contribution in [0, 0.1) is 21.3 Å². The standard InChI is InChI=1S/C45H49ClFN7O8S/c1-28-25-53(15-14-52(28)26-31-10-12-45(2,3)22-38(31)29-4-6-32(46)7-5-29)33-8-9-37(41(19-33)62-34-18-30-11-13-48-43(30)50-23-34)44(55)51-63(58,59)36-20-39(47)42(40(21-36)54(56)57)49-24-35-27-60-16-17-61-35/h4-9,11,13,18-21,23,28,35,49H,10,12,14-17,22,24-27H2,1-3H3,(H,48,50)(H,51,55)/t28-,35+/m0/s1. The highest BCUT2D eigenvalue weighted by Gasteiger charge is 2.33. The molecule has 332 valence electrons. The Balaban J connectivity index is 1.03. The molecule has 18 heteroatoms. The number of rotatable bonds is 13. The van der Waals surface area contributed by atoms with Crippen molar-refractivity contribution < 1.29 is 36.7 Å². The Hall–Kier alpha value is -5.59. The number of fused-ring (bicyclic) bond motifs is 1. The number of piperazine rings is 1. The minimum Gasteiger partial charge on any atom is -0.455 e. The highest BCUT2D eigenvalue weighted by atomic mass is 35.5. The molecule has 1 amide bonds. The number of nitrogens with zero attached hydrogens (tertiary/aromatic N) is 4. The molecule has 0 unspecified atom stereocenters. The summed E-state index contributed by atoms with van der Waals surface area (Å²) in [4.78, 5) is 36.4. The van der Waals surface area contributed by atoms with Crippen LogP contribution in [0.3, 0.4) is 0 Å². The number of nitrogens with one attached hydrogen (secondary N) is 3. The Labute approximate surface area is 369 Å². The van der Waals surface area contributed by atoms with E-state index in [-0.39, 0.29) is 35.9 Å². The third-order valence-corrected chi connectivity index (χ3v) is 13.4. The molecule has 1 aliphatic carbocycles. The van der Waals surface area contributed by atoms with Gasteiger partial charge in [0.05, 0.1) is 47.5 Å². The lowest BCUT2D eigenvalue weighted by Gasteiger charge is -2.43. The number of nitro benzene ring substituents is 1. The van der Waals surface area contributed by atoms with Crippen LogP contribution in [-0.4, -0.2) is 98.8 Å². The summed E-state index contributed by atoms with van der Waals surface area (Å²) in [7, 11) is -4.85. The second-order valence-corrected chi connectivity index (χ2v) is 19.1. The quantitative estimate of drug-likeness (QED) is 0.0763. The maximum absolute atomic E-state index is 15.5. The summed E-state index contributed by atoms with van der Waals surface area (Å²) >= 11 is 6.25. The van der Waals surface area contributed by atoms with Gasteiger partial charge in [0.2, 0.25) is 0 Å². The molecule has 3 N–H and O–H groups in total. The Morgan fingerprint density at radius 2 is 1.92 bits per heavy atom. The van der Waals surface area contributed by atoms with Crippen molar-refractivity contribution in [3.63, 3.8) is 0 Å². The van der Waals surface area contributed by atoms with E-state index in [1.165, 1.54) is 29.0 Å². The lowest BCUT2D eigenvalue weighted by molar-refractivity contribution is -0.384. The molecule has 3 aliphatic rings. The van der Waals surface area contributed by atoms with Gasteiger partial charge in [0, 0.05) is 73.2 Å². The van der Waals surface area contributed by atoms with Crippen LogP contribution in [0.15, 0.2) is 89.6 Å². The van der Waals surface area contributed by atoms with Crippen molar-refractivity contribution in [3.05, 3.63) is 117 Å². The maximum atomic E-state index is 15.5. The lowest BCUT2D eigenvalue weighted by Crippen LogP contribution is -2.52. The molecular formula is C45H49ClFN7O8S. The fraction of sp³-hybridized carbons (Fsp3) is 0.378. The number of halogens is 2. The number of allylic oxidation sites excluding steroid dienone is 1. The molecule has 0 bridgehead atoms. The molecule has 2 aliphatic heterocycles. The van der Waals surface area contributed by atoms with Crippen LogP contribution in [0.4, 0.5) is 21.5 Å². The summed E-state index contributed by atoms with van der Waals surface area (Å²) in [5.41, 5.74) is 4.10. The summed E-state index contributed by atoms with van der Waals surface area (Å²) in [6.07, 6.45) is 5.83. The van der Waals surface area contributed by atoms with Crippen molar-refractivity contribution in [1.29, 1.82) is 0 Å². The number of pyridine rings is 1. The SMILES string of the molecule is C[C@H]1CN(c2ccc(C(=O)NS(=O)(=O)c3cc(F)c(NC[C@@H]4COCCO4)c([N+](=O)[O-])c3)c(Oc3cnc4[nH]ccc4c3)c2)CCN1CC1=C(c2ccc(Cl)cc2)CC(C)(C)CC1. The van der Waals surface area contributed by atoms with E-state index in [1.54, 1.807) is 24.4 Å². The molecule has 63 heavy (non-hydrogen) atoms. The number of sulfonamides is 1. The number of hydrogen-bond donors (Lipinski definition) is 3. The molecular weight excluding hydrogens is 853 g/mol. The molecule has 0 radical (unpaired) electrons. The van der Waals surface area contributed by atoms with E-state index >= 15 is 4.39 Å². The number of carbonyl (C=O) groups is 1. The van der Waals surface area contributed by atoms with Gasteiger partial charge in [-0.3, -0.25) is 19.8 Å². The number of carbonyl (C=O) groups excluding carboxylic acids is 1. The number of benzene rings is 3. The third kappa shape index (κ3) is 10.1. The number of anilines is 2. The Bertz CT molecular complexity index is 2670. The van der Waals surface area contributed by atoms with Crippen LogP contribution >= 0.6 is 11.6 Å². The number of aromatic amines is 1. The molecule has 4 heterocycles. The first-order valence-corrected chi connectivity index (χ1v) is 22.7. The molecule has 8 rings (SSSR count). The molecule has 0 saturated carbocycles. The van der Waals surface area contributed by atoms with Gasteiger partial charge in [0.25, 0.3) is 21.6 Å². The molecule has 15 nitrogen and oxygen atoms in total. The minimum absolute atomic E-state index is 0.0244. The molecule has 2 fully saturated rings. The van der Waals surface area contributed by atoms with E-state index in [9.17, 15) is 23.3 Å². The van der Waals surface area contributed by atoms with Crippen molar-refractivity contribution in [3.8, 4) is 11.5 Å². The normalized spacial score (nSPS) is 19.5. The number of H-pyrrole nitrogens is 1. The van der Waals surface area contributed by atoms with Gasteiger partial charge in [0.1, 0.15) is 22.8 Å². The fourth-order valence-corrected chi connectivity index (χ4v) is 9.53. The van der Waals surface area contributed by atoms with Gasteiger partial charge >= 0.3 is 0 Å². The van der Waals surface area contributed by atoms with E-state index in [4.69, 9.17) is 25.8 Å². The van der Waals surface area contributed by atoms with Crippen molar-refractivity contribution >= 4 is 61.2 Å². The number of amides is 1. The number of hydrogen-bond acceptors (Lipinski definition) is 12. The summed E-state index contributed by atoms with van der Waals surface area (Å²) in [6, 6.07) is 18.0. The van der Waals surface area contributed by atoms with Crippen LogP contribution in [0.5, 0.6) is 11.5 Å².